The first kappa shape index (κ1) is 13.6. The Bertz CT molecular complexity index is 638. The molecule has 0 atom stereocenters. The third-order valence-corrected chi connectivity index (χ3v) is 3.91. The lowest BCUT2D eigenvalue weighted by molar-refractivity contribution is 0.102. The van der Waals surface area contributed by atoms with Gasteiger partial charge in [-0.2, -0.15) is 0 Å². The molecule has 2 aromatic carbocycles. The Morgan fingerprint density at radius 3 is 2.63 bits per heavy atom. The number of benzene rings is 2. The van der Waals surface area contributed by atoms with Crippen LogP contribution in [0, 0.1) is 13.8 Å². The van der Waals surface area contributed by atoms with Crippen LogP contribution in [0.1, 0.15) is 21.5 Å². The lowest BCUT2D eigenvalue weighted by Gasteiger charge is -2.10. The maximum absolute atomic E-state index is 12.2. The molecule has 0 bridgehead atoms. The molecule has 0 radical (unpaired) electrons. The van der Waals surface area contributed by atoms with Crippen molar-refractivity contribution in [1.82, 2.24) is 0 Å². The minimum absolute atomic E-state index is 0.135. The molecular formula is C15H15BrN2O. The van der Waals surface area contributed by atoms with Gasteiger partial charge in [-0.05, 0) is 55.3 Å². The standard InChI is InChI=1S/C15H15BrN2O/c1-9-8-11(6-7-13(9)17)15(19)18-14-5-3-4-12(16)10(14)2/h3-8H,17H2,1-2H3,(H,18,19). The summed E-state index contributed by atoms with van der Waals surface area (Å²) in [6.45, 7) is 3.84. The van der Waals surface area contributed by atoms with E-state index < -0.39 is 0 Å². The van der Waals surface area contributed by atoms with E-state index in [1.54, 1.807) is 18.2 Å². The van der Waals surface area contributed by atoms with Gasteiger partial charge in [0.1, 0.15) is 0 Å². The molecular weight excluding hydrogens is 304 g/mol. The SMILES string of the molecule is Cc1cc(C(=O)Nc2cccc(Br)c2C)ccc1N. The van der Waals surface area contributed by atoms with Crippen LogP contribution in [0.4, 0.5) is 11.4 Å². The maximum Gasteiger partial charge on any atom is 0.255 e. The lowest BCUT2D eigenvalue weighted by atomic mass is 10.1. The molecule has 0 unspecified atom stereocenters. The number of amides is 1. The Labute approximate surface area is 121 Å². The van der Waals surface area contributed by atoms with Crippen LogP contribution in [0.5, 0.6) is 0 Å². The van der Waals surface area contributed by atoms with Gasteiger partial charge in [0, 0.05) is 21.4 Å². The third kappa shape index (κ3) is 2.96. The molecule has 2 rings (SSSR count). The second-order valence-electron chi connectivity index (χ2n) is 4.44. The van der Waals surface area contributed by atoms with Crippen molar-refractivity contribution >= 4 is 33.2 Å². The minimum Gasteiger partial charge on any atom is -0.399 e. The zero-order chi connectivity index (χ0) is 14.0. The highest BCUT2D eigenvalue weighted by Crippen LogP contribution is 2.24. The summed E-state index contributed by atoms with van der Waals surface area (Å²) in [6, 6.07) is 11.0. The smallest absolute Gasteiger partial charge is 0.255 e. The van der Waals surface area contributed by atoms with Gasteiger partial charge in [0.05, 0.1) is 0 Å². The Balaban J connectivity index is 2.26. The van der Waals surface area contributed by atoms with Crippen LogP contribution in [-0.4, -0.2) is 5.91 Å². The number of carbonyl (C=O) groups excluding carboxylic acids is 1. The topological polar surface area (TPSA) is 55.1 Å². The molecule has 19 heavy (non-hydrogen) atoms. The van der Waals surface area contributed by atoms with E-state index in [-0.39, 0.29) is 5.91 Å². The predicted molar refractivity (Wildman–Crippen MR) is 82.4 cm³/mol. The highest BCUT2D eigenvalue weighted by Gasteiger charge is 2.09. The lowest BCUT2D eigenvalue weighted by Crippen LogP contribution is -2.13. The number of rotatable bonds is 2. The molecule has 3 N–H and O–H groups in total. The number of nitrogens with two attached hydrogens (primary N) is 1. The van der Waals surface area contributed by atoms with Gasteiger partial charge in [-0.1, -0.05) is 22.0 Å². The van der Waals surface area contributed by atoms with E-state index in [2.05, 4.69) is 21.2 Å². The van der Waals surface area contributed by atoms with Gasteiger partial charge in [0.2, 0.25) is 0 Å². The normalized spacial score (nSPS) is 10.3. The molecule has 0 aromatic heterocycles. The summed E-state index contributed by atoms with van der Waals surface area (Å²) < 4.78 is 0.971. The molecule has 4 heteroatoms. The van der Waals surface area contributed by atoms with Crippen molar-refractivity contribution in [2.75, 3.05) is 11.1 Å². The number of nitrogen functional groups attached to an aromatic ring is 1. The van der Waals surface area contributed by atoms with Gasteiger partial charge >= 0.3 is 0 Å². The van der Waals surface area contributed by atoms with Gasteiger partial charge in [0.15, 0.2) is 0 Å². The second-order valence-corrected chi connectivity index (χ2v) is 5.29. The predicted octanol–water partition coefficient (Wildman–Crippen LogP) is 3.90. The molecule has 0 heterocycles. The summed E-state index contributed by atoms with van der Waals surface area (Å²) in [7, 11) is 0. The fourth-order valence-corrected chi connectivity index (χ4v) is 2.12. The van der Waals surface area contributed by atoms with Crippen molar-refractivity contribution < 1.29 is 4.79 Å². The molecule has 0 aliphatic carbocycles. The van der Waals surface area contributed by atoms with Crippen LogP contribution in [0.3, 0.4) is 0 Å². The number of carbonyl (C=O) groups is 1. The van der Waals surface area contributed by atoms with Crippen molar-refractivity contribution in [3.8, 4) is 0 Å². The van der Waals surface area contributed by atoms with Crippen molar-refractivity contribution in [2.45, 2.75) is 13.8 Å². The first-order chi connectivity index (χ1) is 8.99. The largest absolute Gasteiger partial charge is 0.399 e. The van der Waals surface area contributed by atoms with Crippen molar-refractivity contribution in [3.05, 3.63) is 57.6 Å². The minimum atomic E-state index is -0.135. The molecule has 1 amide bonds. The Kier molecular flexibility index (Phi) is 3.90. The van der Waals surface area contributed by atoms with E-state index >= 15 is 0 Å². The Hall–Kier alpha value is -1.81. The summed E-state index contributed by atoms with van der Waals surface area (Å²) in [5, 5.41) is 2.90. The third-order valence-electron chi connectivity index (χ3n) is 3.05. The molecule has 0 aliphatic heterocycles. The molecule has 2 aromatic rings. The van der Waals surface area contributed by atoms with Crippen molar-refractivity contribution in [1.29, 1.82) is 0 Å². The van der Waals surface area contributed by atoms with E-state index in [1.165, 1.54) is 0 Å². The van der Waals surface area contributed by atoms with Crippen LogP contribution in [0.15, 0.2) is 40.9 Å². The molecule has 98 valence electrons. The average molecular weight is 319 g/mol. The van der Waals surface area contributed by atoms with Crippen molar-refractivity contribution in [2.24, 2.45) is 0 Å². The number of aryl methyl sites for hydroxylation is 1. The Morgan fingerprint density at radius 1 is 1.21 bits per heavy atom. The monoisotopic (exact) mass is 318 g/mol. The van der Waals surface area contributed by atoms with Crippen LogP contribution in [0.2, 0.25) is 0 Å². The average Bonchev–Trinajstić information content (AvgIpc) is 2.38. The number of halogens is 1. The first-order valence-corrected chi connectivity index (χ1v) is 6.71. The summed E-state index contributed by atoms with van der Waals surface area (Å²) in [5.74, 6) is -0.135. The van der Waals surface area contributed by atoms with Crippen LogP contribution < -0.4 is 11.1 Å². The van der Waals surface area contributed by atoms with E-state index in [1.807, 2.05) is 32.0 Å². The quantitative estimate of drug-likeness (QED) is 0.825. The molecule has 0 spiro atoms. The van der Waals surface area contributed by atoms with Crippen molar-refractivity contribution in [3.63, 3.8) is 0 Å². The van der Waals surface area contributed by atoms with Gasteiger partial charge in [0.25, 0.3) is 5.91 Å². The Morgan fingerprint density at radius 2 is 1.95 bits per heavy atom. The summed E-state index contributed by atoms with van der Waals surface area (Å²) in [6.07, 6.45) is 0. The van der Waals surface area contributed by atoms with Crippen LogP contribution in [-0.2, 0) is 0 Å². The van der Waals surface area contributed by atoms with E-state index in [9.17, 15) is 4.79 Å². The molecule has 0 fully saturated rings. The van der Waals surface area contributed by atoms with Gasteiger partial charge in [-0.15, -0.1) is 0 Å². The molecule has 0 saturated carbocycles. The van der Waals surface area contributed by atoms with Gasteiger partial charge in [-0.25, -0.2) is 0 Å². The number of hydrogen-bond acceptors (Lipinski definition) is 2. The van der Waals surface area contributed by atoms with Crippen LogP contribution >= 0.6 is 15.9 Å². The molecule has 0 aliphatic rings. The zero-order valence-electron chi connectivity index (χ0n) is 10.8. The van der Waals surface area contributed by atoms with E-state index in [0.29, 0.717) is 11.3 Å². The first-order valence-electron chi connectivity index (χ1n) is 5.91. The van der Waals surface area contributed by atoms with E-state index in [4.69, 9.17) is 5.73 Å². The fourth-order valence-electron chi connectivity index (χ4n) is 1.75. The summed E-state index contributed by atoms with van der Waals surface area (Å²) in [4.78, 5) is 12.2. The number of nitrogens with one attached hydrogen (secondary N) is 1. The molecule has 0 saturated heterocycles. The highest BCUT2D eigenvalue weighted by atomic mass is 79.9. The zero-order valence-corrected chi connectivity index (χ0v) is 12.4. The number of hydrogen-bond donors (Lipinski definition) is 2. The van der Waals surface area contributed by atoms with Gasteiger partial charge < -0.3 is 11.1 Å². The van der Waals surface area contributed by atoms with Gasteiger partial charge in [-0.3, -0.25) is 4.79 Å². The molecule has 3 nitrogen and oxygen atoms in total. The second kappa shape index (κ2) is 5.45. The highest BCUT2D eigenvalue weighted by molar-refractivity contribution is 9.10. The van der Waals surface area contributed by atoms with E-state index in [0.717, 1.165) is 21.3 Å². The fraction of sp³-hybridized carbons (Fsp3) is 0.133. The summed E-state index contributed by atoms with van der Waals surface area (Å²) in [5.41, 5.74) is 9.74. The van der Waals surface area contributed by atoms with Crippen LogP contribution in [0.25, 0.3) is 0 Å². The maximum atomic E-state index is 12.2. The number of anilines is 2. The summed E-state index contributed by atoms with van der Waals surface area (Å²) >= 11 is 3.45.